The maximum absolute atomic E-state index is 13.5. The Morgan fingerprint density at radius 1 is 1.47 bits per heavy atom. The van der Waals surface area contributed by atoms with E-state index in [9.17, 15) is 9.18 Å². The van der Waals surface area contributed by atoms with Gasteiger partial charge in [-0.05, 0) is 25.0 Å². The van der Waals surface area contributed by atoms with Gasteiger partial charge in [0.2, 0.25) is 5.91 Å². The molecule has 3 N–H and O–H groups in total. The summed E-state index contributed by atoms with van der Waals surface area (Å²) in [6.45, 7) is 0.918. The molecule has 1 fully saturated rings. The third kappa shape index (κ3) is 3.02. The molecule has 0 spiro atoms. The minimum absolute atomic E-state index is 0.131. The van der Waals surface area contributed by atoms with E-state index in [1.54, 1.807) is 6.07 Å². The number of carbonyl (C=O) groups is 1. The third-order valence-corrected chi connectivity index (χ3v) is 3.25. The van der Waals surface area contributed by atoms with E-state index in [0.717, 1.165) is 0 Å². The van der Waals surface area contributed by atoms with Crippen molar-refractivity contribution in [2.45, 2.75) is 18.4 Å². The highest BCUT2D eigenvalue weighted by atomic mass is 19.1. The Hall–Kier alpha value is -1.66. The summed E-state index contributed by atoms with van der Waals surface area (Å²) < 4.78 is 23.5. The lowest BCUT2D eigenvalue weighted by Gasteiger charge is -2.31. The SMILES string of the molecule is COc1ccc(NC(=O)C2(N)CCOCC2)cc1F. The average Bonchev–Trinajstić information content (AvgIpc) is 2.40. The number of amides is 1. The van der Waals surface area contributed by atoms with Gasteiger partial charge >= 0.3 is 0 Å². The number of carbonyl (C=O) groups excluding carboxylic acids is 1. The Morgan fingerprint density at radius 2 is 2.16 bits per heavy atom. The van der Waals surface area contributed by atoms with E-state index in [1.165, 1.54) is 19.2 Å². The van der Waals surface area contributed by atoms with Gasteiger partial charge in [0.15, 0.2) is 11.6 Å². The summed E-state index contributed by atoms with van der Waals surface area (Å²) in [5.74, 6) is -0.717. The Morgan fingerprint density at radius 3 is 2.74 bits per heavy atom. The fourth-order valence-corrected chi connectivity index (χ4v) is 1.96. The van der Waals surface area contributed by atoms with Crippen LogP contribution in [0.2, 0.25) is 0 Å². The molecule has 1 aliphatic rings. The molecule has 1 aromatic rings. The van der Waals surface area contributed by atoms with Crippen molar-refractivity contribution in [2.75, 3.05) is 25.6 Å². The van der Waals surface area contributed by atoms with E-state index in [2.05, 4.69) is 5.32 Å². The Bertz CT molecular complexity index is 473. The number of halogens is 1. The van der Waals surface area contributed by atoms with Crippen molar-refractivity contribution in [1.29, 1.82) is 0 Å². The standard InChI is InChI=1S/C13H17FN2O3/c1-18-11-3-2-9(8-10(11)14)16-12(17)13(15)4-6-19-7-5-13/h2-3,8H,4-7,15H2,1H3,(H,16,17). The minimum Gasteiger partial charge on any atom is -0.494 e. The first-order valence-electron chi connectivity index (χ1n) is 6.07. The molecule has 104 valence electrons. The molecule has 0 unspecified atom stereocenters. The molecule has 1 saturated heterocycles. The zero-order chi connectivity index (χ0) is 13.9. The largest absolute Gasteiger partial charge is 0.494 e. The number of anilines is 1. The van der Waals surface area contributed by atoms with E-state index in [4.69, 9.17) is 15.2 Å². The first kappa shape index (κ1) is 13.8. The molecule has 19 heavy (non-hydrogen) atoms. The van der Waals surface area contributed by atoms with Crippen LogP contribution in [0.1, 0.15) is 12.8 Å². The highest BCUT2D eigenvalue weighted by Crippen LogP contribution is 2.23. The number of ether oxygens (including phenoxy) is 2. The second kappa shape index (κ2) is 5.54. The smallest absolute Gasteiger partial charge is 0.244 e. The fraction of sp³-hybridized carbons (Fsp3) is 0.462. The van der Waals surface area contributed by atoms with Crippen molar-refractivity contribution < 1.29 is 18.7 Å². The van der Waals surface area contributed by atoms with E-state index in [-0.39, 0.29) is 11.7 Å². The van der Waals surface area contributed by atoms with Gasteiger partial charge in [-0.15, -0.1) is 0 Å². The summed E-state index contributed by atoms with van der Waals surface area (Å²) in [6, 6.07) is 4.24. The van der Waals surface area contributed by atoms with Crippen LogP contribution in [0.25, 0.3) is 0 Å². The summed E-state index contributed by atoms with van der Waals surface area (Å²) in [5.41, 5.74) is 5.45. The fourth-order valence-electron chi connectivity index (χ4n) is 1.96. The van der Waals surface area contributed by atoms with Crippen LogP contribution >= 0.6 is 0 Å². The maximum Gasteiger partial charge on any atom is 0.244 e. The summed E-state index contributed by atoms with van der Waals surface area (Å²) in [7, 11) is 1.38. The molecule has 5 nitrogen and oxygen atoms in total. The molecule has 0 atom stereocenters. The normalized spacial score (nSPS) is 17.8. The number of rotatable bonds is 3. The van der Waals surface area contributed by atoms with Crippen molar-refractivity contribution >= 4 is 11.6 Å². The highest BCUT2D eigenvalue weighted by molar-refractivity contribution is 5.98. The molecular formula is C13H17FN2O3. The summed E-state index contributed by atoms with van der Waals surface area (Å²) >= 11 is 0. The molecule has 1 heterocycles. The summed E-state index contributed by atoms with van der Waals surface area (Å²) in [5, 5.41) is 2.63. The summed E-state index contributed by atoms with van der Waals surface area (Å²) in [4.78, 5) is 12.1. The van der Waals surface area contributed by atoms with Crippen LogP contribution in [0.15, 0.2) is 18.2 Å². The van der Waals surface area contributed by atoms with E-state index in [0.29, 0.717) is 31.7 Å². The van der Waals surface area contributed by atoms with E-state index < -0.39 is 11.4 Å². The van der Waals surface area contributed by atoms with Gasteiger partial charge in [-0.25, -0.2) is 4.39 Å². The molecule has 0 aromatic heterocycles. The van der Waals surface area contributed by atoms with Crippen molar-refractivity contribution in [2.24, 2.45) is 5.73 Å². The van der Waals surface area contributed by atoms with Crippen LogP contribution < -0.4 is 15.8 Å². The molecule has 0 bridgehead atoms. The van der Waals surface area contributed by atoms with Gasteiger partial charge < -0.3 is 20.5 Å². The quantitative estimate of drug-likeness (QED) is 0.866. The van der Waals surface area contributed by atoms with Gasteiger partial charge in [0.05, 0.1) is 7.11 Å². The number of nitrogens with one attached hydrogen (secondary N) is 1. The molecular weight excluding hydrogens is 251 g/mol. The monoisotopic (exact) mass is 268 g/mol. The van der Waals surface area contributed by atoms with E-state index in [1.807, 2.05) is 0 Å². The number of benzene rings is 1. The van der Waals surface area contributed by atoms with Gasteiger partial charge in [0.25, 0.3) is 0 Å². The number of methoxy groups -OCH3 is 1. The first-order chi connectivity index (χ1) is 9.05. The van der Waals surface area contributed by atoms with Crippen molar-refractivity contribution in [3.8, 4) is 5.75 Å². The molecule has 1 amide bonds. The predicted octanol–water partition coefficient (Wildman–Crippen LogP) is 1.28. The molecule has 1 aromatic carbocycles. The Kier molecular flexibility index (Phi) is 4.01. The minimum atomic E-state index is -0.950. The van der Waals surface area contributed by atoms with Crippen LogP contribution in [0.3, 0.4) is 0 Å². The topological polar surface area (TPSA) is 73.6 Å². The van der Waals surface area contributed by atoms with Gasteiger partial charge in [0.1, 0.15) is 5.54 Å². The zero-order valence-electron chi connectivity index (χ0n) is 10.7. The number of nitrogens with two attached hydrogens (primary N) is 1. The molecule has 2 rings (SSSR count). The van der Waals surface area contributed by atoms with Crippen LogP contribution in [0.5, 0.6) is 5.75 Å². The van der Waals surface area contributed by atoms with Crippen LogP contribution in [-0.4, -0.2) is 31.8 Å². The lowest BCUT2D eigenvalue weighted by molar-refractivity contribution is -0.124. The molecule has 6 heteroatoms. The van der Waals surface area contributed by atoms with Gasteiger partial charge in [-0.1, -0.05) is 0 Å². The predicted molar refractivity (Wildman–Crippen MR) is 68.6 cm³/mol. The lowest BCUT2D eigenvalue weighted by atomic mass is 9.90. The Balaban J connectivity index is 2.08. The second-order valence-corrected chi connectivity index (χ2v) is 4.57. The highest BCUT2D eigenvalue weighted by Gasteiger charge is 2.35. The Labute approximate surface area is 110 Å². The van der Waals surface area contributed by atoms with E-state index >= 15 is 0 Å². The molecule has 0 saturated carbocycles. The summed E-state index contributed by atoms with van der Waals surface area (Å²) in [6.07, 6.45) is 0.912. The van der Waals surface area contributed by atoms with Crippen molar-refractivity contribution in [1.82, 2.24) is 0 Å². The molecule has 1 aliphatic heterocycles. The lowest BCUT2D eigenvalue weighted by Crippen LogP contribution is -2.54. The van der Waals surface area contributed by atoms with Crippen LogP contribution in [-0.2, 0) is 9.53 Å². The molecule has 0 radical (unpaired) electrons. The number of hydrogen-bond acceptors (Lipinski definition) is 4. The first-order valence-corrected chi connectivity index (χ1v) is 6.07. The van der Waals surface area contributed by atoms with Gasteiger partial charge in [-0.2, -0.15) is 0 Å². The molecule has 0 aliphatic carbocycles. The van der Waals surface area contributed by atoms with Crippen molar-refractivity contribution in [3.05, 3.63) is 24.0 Å². The second-order valence-electron chi connectivity index (χ2n) is 4.57. The maximum atomic E-state index is 13.5. The van der Waals surface area contributed by atoms with Gasteiger partial charge in [0, 0.05) is 25.0 Å². The number of hydrogen-bond donors (Lipinski definition) is 2. The van der Waals surface area contributed by atoms with Crippen molar-refractivity contribution in [3.63, 3.8) is 0 Å². The third-order valence-electron chi connectivity index (χ3n) is 3.25. The zero-order valence-corrected chi connectivity index (χ0v) is 10.7. The van der Waals surface area contributed by atoms with Crippen LogP contribution in [0, 0.1) is 5.82 Å². The average molecular weight is 268 g/mol. The van der Waals surface area contributed by atoms with Gasteiger partial charge in [-0.3, -0.25) is 4.79 Å². The van der Waals surface area contributed by atoms with Crippen LogP contribution in [0.4, 0.5) is 10.1 Å².